The van der Waals surface area contributed by atoms with Gasteiger partial charge in [-0.25, -0.2) is 0 Å². The van der Waals surface area contributed by atoms with Crippen LogP contribution in [0.4, 0.5) is 0 Å². The van der Waals surface area contributed by atoms with E-state index in [2.05, 4.69) is 18.0 Å². The molecule has 0 aliphatic heterocycles. The predicted molar refractivity (Wildman–Crippen MR) is 46.4 cm³/mol. The van der Waals surface area contributed by atoms with Crippen molar-refractivity contribution in [2.45, 2.75) is 19.8 Å². The Bertz CT molecular complexity index is 216. The number of rotatable bonds is 2. The molecule has 0 radical (unpaired) electrons. The second-order valence-electron chi connectivity index (χ2n) is 2.90. The Morgan fingerprint density at radius 3 is 2.73 bits per heavy atom. The molecule has 1 rings (SSSR count). The highest BCUT2D eigenvalue weighted by Gasteiger charge is 2.02. The van der Waals surface area contributed by atoms with E-state index in [1.54, 1.807) is 0 Å². The smallest absolute Gasteiger partial charge is 0.0444 e. The third kappa shape index (κ3) is 2.02. The number of aromatic nitrogens is 1. The number of hydrogen-bond acceptors (Lipinski definition) is 2. The molecule has 0 saturated carbocycles. The Labute approximate surface area is 67.5 Å². The summed E-state index contributed by atoms with van der Waals surface area (Å²) in [4.78, 5) is 4.27. The minimum atomic E-state index is 0.371. The molecule has 0 aliphatic carbocycles. The molecule has 1 unspecified atom stereocenters. The Morgan fingerprint density at radius 2 is 2.27 bits per heavy atom. The third-order valence-corrected chi connectivity index (χ3v) is 1.79. The average molecular weight is 150 g/mol. The topological polar surface area (TPSA) is 38.9 Å². The molecule has 2 N–H and O–H groups in total. The van der Waals surface area contributed by atoms with Crippen molar-refractivity contribution in [3.05, 3.63) is 29.6 Å². The molecule has 0 aliphatic rings. The van der Waals surface area contributed by atoms with Gasteiger partial charge in [0.15, 0.2) is 0 Å². The Morgan fingerprint density at radius 1 is 1.55 bits per heavy atom. The van der Waals surface area contributed by atoms with Crippen LogP contribution in [-0.2, 0) is 0 Å². The lowest BCUT2D eigenvalue weighted by atomic mass is 10.1. The van der Waals surface area contributed by atoms with Crippen molar-refractivity contribution in [3.8, 4) is 0 Å². The van der Waals surface area contributed by atoms with Gasteiger partial charge in [0, 0.05) is 24.4 Å². The van der Waals surface area contributed by atoms with Crippen LogP contribution in [0, 0.1) is 6.92 Å². The molecule has 0 fully saturated rings. The molecule has 0 spiro atoms. The second kappa shape index (κ2) is 3.49. The van der Waals surface area contributed by atoms with Crippen LogP contribution in [0.2, 0.25) is 0 Å². The summed E-state index contributed by atoms with van der Waals surface area (Å²) in [5.74, 6) is 0.371. The highest BCUT2D eigenvalue weighted by Crippen LogP contribution is 2.10. The number of nitrogens with two attached hydrogens (primary N) is 1. The van der Waals surface area contributed by atoms with Gasteiger partial charge in [-0.2, -0.15) is 0 Å². The van der Waals surface area contributed by atoms with E-state index in [9.17, 15) is 0 Å². The minimum Gasteiger partial charge on any atom is -0.330 e. The Balaban J connectivity index is 2.81. The summed E-state index contributed by atoms with van der Waals surface area (Å²) in [5, 5.41) is 0. The van der Waals surface area contributed by atoms with Gasteiger partial charge in [-0.15, -0.1) is 0 Å². The first-order valence-corrected chi connectivity index (χ1v) is 3.86. The van der Waals surface area contributed by atoms with Gasteiger partial charge >= 0.3 is 0 Å². The van der Waals surface area contributed by atoms with E-state index in [0.29, 0.717) is 12.5 Å². The van der Waals surface area contributed by atoms with Gasteiger partial charge in [0.2, 0.25) is 0 Å². The highest BCUT2D eigenvalue weighted by molar-refractivity contribution is 5.15. The first kappa shape index (κ1) is 8.21. The maximum Gasteiger partial charge on any atom is 0.0444 e. The normalized spacial score (nSPS) is 13.0. The van der Waals surface area contributed by atoms with Crippen molar-refractivity contribution < 1.29 is 0 Å². The van der Waals surface area contributed by atoms with Gasteiger partial charge in [-0.1, -0.05) is 13.0 Å². The molecule has 0 bridgehead atoms. The van der Waals surface area contributed by atoms with Crippen LogP contribution < -0.4 is 5.73 Å². The monoisotopic (exact) mass is 150 g/mol. The lowest BCUT2D eigenvalue weighted by Crippen LogP contribution is -2.10. The van der Waals surface area contributed by atoms with Crippen LogP contribution in [0.15, 0.2) is 18.3 Å². The van der Waals surface area contributed by atoms with E-state index in [4.69, 9.17) is 5.73 Å². The summed E-state index contributed by atoms with van der Waals surface area (Å²) in [6, 6.07) is 4.10. The van der Waals surface area contributed by atoms with Crippen molar-refractivity contribution in [1.82, 2.24) is 4.98 Å². The molecule has 2 heteroatoms. The first-order valence-electron chi connectivity index (χ1n) is 3.86. The van der Waals surface area contributed by atoms with Crippen molar-refractivity contribution in [2.24, 2.45) is 5.73 Å². The fourth-order valence-corrected chi connectivity index (χ4v) is 0.891. The molecule has 0 aromatic carbocycles. The lowest BCUT2D eigenvalue weighted by molar-refractivity contribution is 0.744. The van der Waals surface area contributed by atoms with E-state index < -0.39 is 0 Å². The third-order valence-electron chi connectivity index (χ3n) is 1.79. The Hall–Kier alpha value is -0.890. The molecular weight excluding hydrogens is 136 g/mol. The van der Waals surface area contributed by atoms with E-state index >= 15 is 0 Å². The van der Waals surface area contributed by atoms with Crippen LogP contribution in [0.1, 0.15) is 24.1 Å². The van der Waals surface area contributed by atoms with Crippen molar-refractivity contribution in [1.29, 1.82) is 0 Å². The molecule has 1 heterocycles. The van der Waals surface area contributed by atoms with Crippen molar-refractivity contribution >= 4 is 0 Å². The minimum absolute atomic E-state index is 0.371. The zero-order valence-corrected chi connectivity index (χ0v) is 7.04. The summed E-state index contributed by atoms with van der Waals surface area (Å²) < 4.78 is 0. The molecule has 0 saturated heterocycles. The Kier molecular flexibility index (Phi) is 2.60. The van der Waals surface area contributed by atoms with Crippen LogP contribution in [0.25, 0.3) is 0 Å². The van der Waals surface area contributed by atoms with Gasteiger partial charge in [-0.05, 0) is 18.6 Å². The van der Waals surface area contributed by atoms with E-state index in [-0.39, 0.29) is 0 Å². The summed E-state index contributed by atoms with van der Waals surface area (Å²) in [6.45, 7) is 4.78. The standard InChI is InChI=1S/C9H14N2/c1-7-3-4-9(11-6-7)8(2)5-10/h3-4,6,8H,5,10H2,1-2H3. The number of nitrogens with zero attached hydrogens (tertiary/aromatic N) is 1. The second-order valence-corrected chi connectivity index (χ2v) is 2.90. The summed E-state index contributed by atoms with van der Waals surface area (Å²) in [5.41, 5.74) is 7.78. The van der Waals surface area contributed by atoms with Crippen LogP contribution in [0.5, 0.6) is 0 Å². The van der Waals surface area contributed by atoms with Gasteiger partial charge < -0.3 is 5.73 Å². The molecular formula is C9H14N2. The molecule has 60 valence electrons. The van der Waals surface area contributed by atoms with Crippen molar-refractivity contribution in [2.75, 3.05) is 6.54 Å². The quantitative estimate of drug-likeness (QED) is 0.693. The van der Waals surface area contributed by atoms with Crippen LogP contribution >= 0.6 is 0 Å². The fraction of sp³-hybridized carbons (Fsp3) is 0.444. The van der Waals surface area contributed by atoms with Gasteiger partial charge in [-0.3, -0.25) is 4.98 Å². The van der Waals surface area contributed by atoms with Crippen LogP contribution in [0.3, 0.4) is 0 Å². The highest BCUT2D eigenvalue weighted by atomic mass is 14.7. The van der Waals surface area contributed by atoms with E-state index in [1.807, 2.05) is 19.2 Å². The molecule has 1 aromatic heterocycles. The maximum absolute atomic E-state index is 5.50. The van der Waals surface area contributed by atoms with Gasteiger partial charge in [0.1, 0.15) is 0 Å². The van der Waals surface area contributed by atoms with E-state index in [0.717, 1.165) is 5.69 Å². The number of pyridine rings is 1. The largest absolute Gasteiger partial charge is 0.330 e. The maximum atomic E-state index is 5.50. The number of aryl methyl sites for hydroxylation is 1. The van der Waals surface area contributed by atoms with E-state index in [1.165, 1.54) is 5.56 Å². The summed E-state index contributed by atoms with van der Waals surface area (Å²) in [7, 11) is 0. The summed E-state index contributed by atoms with van der Waals surface area (Å²) in [6.07, 6.45) is 1.88. The van der Waals surface area contributed by atoms with Gasteiger partial charge in [0.05, 0.1) is 0 Å². The zero-order chi connectivity index (χ0) is 8.27. The lowest BCUT2D eigenvalue weighted by Gasteiger charge is -2.06. The summed E-state index contributed by atoms with van der Waals surface area (Å²) >= 11 is 0. The number of hydrogen-bond donors (Lipinski definition) is 1. The fourth-order valence-electron chi connectivity index (χ4n) is 0.891. The SMILES string of the molecule is Cc1ccc(C(C)CN)nc1. The molecule has 2 nitrogen and oxygen atoms in total. The molecule has 11 heavy (non-hydrogen) atoms. The van der Waals surface area contributed by atoms with Crippen LogP contribution in [-0.4, -0.2) is 11.5 Å². The zero-order valence-electron chi connectivity index (χ0n) is 7.04. The van der Waals surface area contributed by atoms with Gasteiger partial charge in [0.25, 0.3) is 0 Å². The molecule has 1 atom stereocenters. The molecule has 1 aromatic rings. The first-order chi connectivity index (χ1) is 5.24. The van der Waals surface area contributed by atoms with Crippen molar-refractivity contribution in [3.63, 3.8) is 0 Å². The average Bonchev–Trinajstić information content (AvgIpc) is 2.05. The predicted octanol–water partition coefficient (Wildman–Crippen LogP) is 1.45. The molecule has 0 amide bonds.